The molecule has 2 unspecified atom stereocenters. The topological polar surface area (TPSA) is 51.2 Å². The third-order valence-electron chi connectivity index (χ3n) is 9.36. The predicted molar refractivity (Wildman–Crippen MR) is 114 cm³/mol. The fourth-order valence-corrected chi connectivity index (χ4v) is 7.85. The maximum atomic E-state index is 12.1. The van der Waals surface area contributed by atoms with Crippen LogP contribution in [-0.4, -0.2) is 24.5 Å². The van der Waals surface area contributed by atoms with E-state index in [0.29, 0.717) is 11.3 Å². The number of pyridine rings is 1. The summed E-state index contributed by atoms with van der Waals surface area (Å²) in [5.41, 5.74) is 3.33. The van der Waals surface area contributed by atoms with Crippen LogP contribution in [0.15, 0.2) is 30.1 Å². The zero-order chi connectivity index (χ0) is 20.2. The van der Waals surface area contributed by atoms with Crippen molar-refractivity contribution in [2.24, 2.45) is 28.6 Å². The number of allylic oxidation sites excluding steroid dienone is 1. The van der Waals surface area contributed by atoms with E-state index in [-0.39, 0.29) is 11.3 Å². The van der Waals surface area contributed by atoms with Gasteiger partial charge in [0.1, 0.15) is 5.75 Å². The highest BCUT2D eigenvalue weighted by atomic mass is 16.5. The normalized spacial score (nSPS) is 41.3. The third-order valence-corrected chi connectivity index (χ3v) is 9.36. The summed E-state index contributed by atoms with van der Waals surface area (Å²) in [6.45, 7) is 5.83. The summed E-state index contributed by atoms with van der Waals surface area (Å²) in [6, 6.07) is 2.21. The fourth-order valence-electron chi connectivity index (χ4n) is 7.85. The number of rotatable bonds is 2. The molecule has 2 heterocycles. The van der Waals surface area contributed by atoms with E-state index in [2.05, 4.69) is 36.4 Å². The molecule has 4 heteroatoms. The largest absolute Gasteiger partial charge is 0.495 e. The van der Waals surface area contributed by atoms with Crippen LogP contribution in [0.2, 0.25) is 0 Å². The van der Waals surface area contributed by atoms with Gasteiger partial charge in [-0.05, 0) is 91.1 Å². The number of fused-ring (bicyclic) bond motifs is 5. The zero-order valence-corrected chi connectivity index (χ0v) is 18.0. The molecule has 1 aromatic heterocycles. The first kappa shape index (κ1) is 19.1. The zero-order valence-electron chi connectivity index (χ0n) is 18.0. The molecule has 3 saturated carbocycles. The van der Waals surface area contributed by atoms with E-state index in [0.717, 1.165) is 42.9 Å². The lowest BCUT2D eigenvalue weighted by Crippen LogP contribution is -2.49. The number of methoxy groups -OCH3 is 1. The Morgan fingerprint density at radius 1 is 1.10 bits per heavy atom. The van der Waals surface area contributed by atoms with E-state index in [1.807, 2.05) is 12.3 Å². The van der Waals surface area contributed by atoms with Crippen LogP contribution in [0.5, 0.6) is 5.75 Å². The maximum Gasteiger partial charge on any atom is 0.243 e. The van der Waals surface area contributed by atoms with Gasteiger partial charge in [0.15, 0.2) is 0 Å². The minimum Gasteiger partial charge on any atom is -0.495 e. The molecule has 4 aliphatic rings. The molecule has 156 valence electrons. The SMILES string of the molecule is COc1cncc(C2CC[C@H]3[C@@H]4CCC5=CC(=O)NCC[C@]5(C)C4CC[C@]23C)c1. The summed E-state index contributed by atoms with van der Waals surface area (Å²) in [5.74, 6) is 3.86. The van der Waals surface area contributed by atoms with Crippen molar-refractivity contribution in [3.8, 4) is 5.75 Å². The molecule has 0 spiro atoms. The summed E-state index contributed by atoms with van der Waals surface area (Å²) in [4.78, 5) is 16.6. The van der Waals surface area contributed by atoms with E-state index in [1.165, 1.54) is 43.2 Å². The highest BCUT2D eigenvalue weighted by Gasteiger charge is 2.58. The Morgan fingerprint density at radius 2 is 1.97 bits per heavy atom. The fraction of sp³-hybridized carbons (Fsp3) is 0.680. The van der Waals surface area contributed by atoms with Gasteiger partial charge in [0.05, 0.1) is 13.3 Å². The molecule has 6 atom stereocenters. The van der Waals surface area contributed by atoms with Crippen molar-refractivity contribution in [2.45, 2.75) is 64.7 Å². The molecule has 1 amide bonds. The first-order valence-corrected chi connectivity index (χ1v) is 11.4. The standard InChI is InChI=1S/C25H34N2O2/c1-24-10-11-27-23(28)13-17(24)4-5-19-21-7-6-20(25(21,2)9-8-22(19)24)16-12-18(29-3)15-26-14-16/h12-15,19-22H,4-11H2,1-3H3,(H,27,28)/t19-,20?,21-,22?,24-,25+/m0/s1. The Balaban J connectivity index is 1.46. The number of carbonyl (C=O) groups is 1. The average Bonchev–Trinajstić information content (AvgIpc) is 2.99. The summed E-state index contributed by atoms with van der Waals surface area (Å²) in [6.07, 6.45) is 14.4. The third kappa shape index (κ3) is 2.85. The molecule has 4 nitrogen and oxygen atoms in total. The van der Waals surface area contributed by atoms with Crippen LogP contribution < -0.4 is 10.1 Å². The minimum atomic E-state index is 0.120. The predicted octanol–water partition coefficient (Wildman–Crippen LogP) is 4.86. The molecule has 3 aliphatic carbocycles. The Morgan fingerprint density at radius 3 is 2.79 bits per heavy atom. The molecular weight excluding hydrogens is 360 g/mol. The quantitative estimate of drug-likeness (QED) is 0.779. The Kier molecular flexibility index (Phi) is 4.52. The van der Waals surface area contributed by atoms with Crippen LogP contribution in [0, 0.1) is 28.6 Å². The van der Waals surface area contributed by atoms with Gasteiger partial charge >= 0.3 is 0 Å². The van der Waals surface area contributed by atoms with Gasteiger partial charge in [0.25, 0.3) is 0 Å². The van der Waals surface area contributed by atoms with Gasteiger partial charge in [-0.2, -0.15) is 0 Å². The lowest BCUT2D eigenvalue weighted by Gasteiger charge is -2.57. The molecule has 29 heavy (non-hydrogen) atoms. The van der Waals surface area contributed by atoms with Gasteiger partial charge in [-0.1, -0.05) is 19.4 Å². The second-order valence-electron chi connectivity index (χ2n) is 10.4. The monoisotopic (exact) mass is 394 g/mol. The lowest BCUT2D eigenvalue weighted by molar-refractivity contribution is -0.116. The van der Waals surface area contributed by atoms with Crippen molar-refractivity contribution < 1.29 is 9.53 Å². The first-order valence-electron chi connectivity index (χ1n) is 11.4. The van der Waals surface area contributed by atoms with Crippen molar-refractivity contribution in [2.75, 3.05) is 13.7 Å². The van der Waals surface area contributed by atoms with Gasteiger partial charge in [0, 0.05) is 18.8 Å². The van der Waals surface area contributed by atoms with Gasteiger partial charge in [0.2, 0.25) is 5.91 Å². The molecule has 5 rings (SSSR count). The highest BCUT2D eigenvalue weighted by molar-refractivity contribution is 5.88. The second kappa shape index (κ2) is 6.85. The van der Waals surface area contributed by atoms with Gasteiger partial charge in [-0.3, -0.25) is 9.78 Å². The van der Waals surface area contributed by atoms with Crippen LogP contribution >= 0.6 is 0 Å². The number of carbonyl (C=O) groups excluding carboxylic acids is 1. The number of ether oxygens (including phenoxy) is 1. The van der Waals surface area contributed by atoms with Gasteiger partial charge in [-0.15, -0.1) is 0 Å². The van der Waals surface area contributed by atoms with Crippen LogP contribution in [0.3, 0.4) is 0 Å². The number of nitrogens with zero attached hydrogens (tertiary/aromatic N) is 1. The smallest absolute Gasteiger partial charge is 0.243 e. The van der Waals surface area contributed by atoms with Crippen molar-refractivity contribution in [1.82, 2.24) is 10.3 Å². The van der Waals surface area contributed by atoms with Gasteiger partial charge < -0.3 is 10.1 Å². The van der Waals surface area contributed by atoms with E-state index in [9.17, 15) is 4.79 Å². The molecule has 0 radical (unpaired) electrons. The minimum absolute atomic E-state index is 0.120. The lowest BCUT2D eigenvalue weighted by atomic mass is 9.47. The number of hydrogen-bond donors (Lipinski definition) is 1. The Hall–Kier alpha value is -1.84. The number of aromatic nitrogens is 1. The van der Waals surface area contributed by atoms with Crippen molar-refractivity contribution in [3.05, 3.63) is 35.7 Å². The highest BCUT2D eigenvalue weighted by Crippen LogP contribution is 2.67. The van der Waals surface area contributed by atoms with Crippen molar-refractivity contribution >= 4 is 5.91 Å². The molecule has 1 N–H and O–H groups in total. The second-order valence-corrected chi connectivity index (χ2v) is 10.4. The Labute approximate surface area is 174 Å². The van der Waals surface area contributed by atoms with E-state index >= 15 is 0 Å². The average molecular weight is 395 g/mol. The molecule has 0 saturated heterocycles. The van der Waals surface area contributed by atoms with Gasteiger partial charge in [-0.25, -0.2) is 0 Å². The van der Waals surface area contributed by atoms with Crippen LogP contribution in [0.25, 0.3) is 0 Å². The summed E-state index contributed by atoms with van der Waals surface area (Å²) >= 11 is 0. The van der Waals surface area contributed by atoms with Crippen LogP contribution in [0.1, 0.15) is 70.3 Å². The molecule has 3 fully saturated rings. The summed E-state index contributed by atoms with van der Waals surface area (Å²) in [7, 11) is 1.73. The van der Waals surface area contributed by atoms with Crippen LogP contribution in [0.4, 0.5) is 0 Å². The van der Waals surface area contributed by atoms with E-state index < -0.39 is 0 Å². The molecule has 1 aliphatic heterocycles. The molecule has 0 bridgehead atoms. The molecule has 1 aromatic rings. The molecular formula is C25H34N2O2. The number of amides is 1. The van der Waals surface area contributed by atoms with Crippen molar-refractivity contribution in [1.29, 1.82) is 0 Å². The van der Waals surface area contributed by atoms with E-state index in [4.69, 9.17) is 4.74 Å². The number of hydrogen-bond acceptors (Lipinski definition) is 3. The van der Waals surface area contributed by atoms with E-state index in [1.54, 1.807) is 7.11 Å². The van der Waals surface area contributed by atoms with Crippen molar-refractivity contribution in [3.63, 3.8) is 0 Å². The maximum absolute atomic E-state index is 12.1. The first-order chi connectivity index (χ1) is 14.0. The molecule has 0 aromatic carbocycles. The van der Waals surface area contributed by atoms with Crippen LogP contribution in [-0.2, 0) is 4.79 Å². The Bertz CT molecular complexity index is 849. The number of nitrogens with one attached hydrogen (secondary N) is 1. The summed E-state index contributed by atoms with van der Waals surface area (Å²) < 4.78 is 5.46. The summed E-state index contributed by atoms with van der Waals surface area (Å²) in [5, 5.41) is 3.08.